The van der Waals surface area contributed by atoms with E-state index in [0.29, 0.717) is 6.54 Å². The molecule has 1 aromatic carbocycles. The van der Waals surface area contributed by atoms with Crippen molar-refractivity contribution in [2.45, 2.75) is 17.2 Å². The Bertz CT molecular complexity index is 771. The number of hydrogen-bond donors (Lipinski definition) is 1. The number of benzene rings is 1. The molecular weight excluding hydrogens is 358 g/mol. The average molecular weight is 382 g/mol. The van der Waals surface area contributed by atoms with Crippen LogP contribution in [0.3, 0.4) is 0 Å². The summed E-state index contributed by atoms with van der Waals surface area (Å²) in [4.78, 5) is 6.37. The van der Waals surface area contributed by atoms with Crippen molar-refractivity contribution in [3.63, 3.8) is 0 Å². The monoisotopic (exact) mass is 381 g/mol. The predicted octanol–water partition coefficient (Wildman–Crippen LogP) is 2.58. The summed E-state index contributed by atoms with van der Waals surface area (Å²) in [7, 11) is 0.474. The van der Waals surface area contributed by atoms with Gasteiger partial charge < -0.3 is 9.32 Å². The summed E-state index contributed by atoms with van der Waals surface area (Å²) in [5.74, 6) is 3.45. The lowest BCUT2D eigenvalue weighted by atomic mass is 10.4. The molecule has 0 fully saturated rings. The molecule has 0 bridgehead atoms. The first-order valence-electron chi connectivity index (χ1n) is 7.83. The maximum absolute atomic E-state index is 12.0. The number of thioether (sulfide) groups is 1. The van der Waals surface area contributed by atoms with Gasteiger partial charge in [0.1, 0.15) is 11.5 Å². The summed E-state index contributed by atoms with van der Waals surface area (Å²) < 4.78 is 32.0. The molecule has 0 saturated carbocycles. The molecule has 25 heavy (non-hydrogen) atoms. The first kappa shape index (κ1) is 19.6. The van der Waals surface area contributed by atoms with E-state index in [2.05, 4.69) is 14.6 Å². The van der Waals surface area contributed by atoms with E-state index in [1.165, 1.54) is 6.34 Å². The molecule has 0 aliphatic carbocycles. The van der Waals surface area contributed by atoms with E-state index in [1.807, 2.05) is 26.2 Å². The number of rotatable bonds is 10. The van der Waals surface area contributed by atoms with Crippen LogP contribution in [0.4, 0.5) is 0 Å². The number of nitrogens with one attached hydrogen (secondary N) is 1. The van der Waals surface area contributed by atoms with E-state index in [0.717, 1.165) is 29.6 Å². The van der Waals surface area contributed by atoms with Gasteiger partial charge in [-0.15, -0.1) is 0 Å². The van der Waals surface area contributed by atoms with Crippen LogP contribution in [-0.4, -0.2) is 46.0 Å². The highest BCUT2D eigenvalue weighted by Gasteiger charge is 2.10. The summed E-state index contributed by atoms with van der Waals surface area (Å²) in [6.45, 7) is 1.32. The van der Waals surface area contributed by atoms with Crippen LogP contribution in [0.5, 0.6) is 0 Å². The first-order chi connectivity index (χ1) is 12.0. The van der Waals surface area contributed by atoms with E-state index in [-0.39, 0.29) is 4.90 Å². The Morgan fingerprint density at radius 1 is 1.16 bits per heavy atom. The minimum absolute atomic E-state index is 0.224. The van der Waals surface area contributed by atoms with Gasteiger partial charge in [0.25, 0.3) is 10.0 Å². The van der Waals surface area contributed by atoms with Gasteiger partial charge >= 0.3 is 0 Å². The van der Waals surface area contributed by atoms with Crippen molar-refractivity contribution >= 4 is 28.1 Å². The van der Waals surface area contributed by atoms with Crippen LogP contribution in [-0.2, 0) is 22.3 Å². The van der Waals surface area contributed by atoms with E-state index < -0.39 is 10.0 Å². The topological polar surface area (TPSA) is 74.9 Å². The van der Waals surface area contributed by atoms with E-state index in [9.17, 15) is 8.42 Å². The molecular formula is C17H23N3O3S2. The third-order valence-corrected chi connectivity index (χ3v) is 5.42. The Morgan fingerprint density at radius 2 is 1.88 bits per heavy atom. The molecule has 0 atom stereocenters. The highest BCUT2D eigenvalue weighted by molar-refractivity contribution is 7.98. The minimum Gasteiger partial charge on any atom is -0.464 e. The number of hydrogen-bond acceptors (Lipinski definition) is 6. The van der Waals surface area contributed by atoms with Crippen molar-refractivity contribution < 1.29 is 12.8 Å². The first-order valence-corrected chi connectivity index (χ1v) is 10.5. The fourth-order valence-electron chi connectivity index (χ4n) is 2.03. The maximum Gasteiger partial charge on any atom is 0.262 e. The number of nitrogens with zero attached hydrogens (tertiary/aromatic N) is 2. The lowest BCUT2D eigenvalue weighted by Gasteiger charge is -2.05. The third-order valence-electron chi connectivity index (χ3n) is 3.15. The molecule has 1 N–H and O–H groups in total. The standard InChI is InChI=1S/C17H23N3O3S2/c1-20(2)12-15-8-9-16(23-15)13-24-11-10-18-14-19-25(21,22)17-6-4-3-5-7-17/h3-9,14H,10-13H2,1-2H3,(H,18,19). The van der Waals surface area contributed by atoms with Crippen LogP contribution in [0.1, 0.15) is 11.5 Å². The van der Waals surface area contributed by atoms with E-state index >= 15 is 0 Å². The molecule has 136 valence electrons. The summed E-state index contributed by atoms with van der Waals surface area (Å²) >= 11 is 1.69. The van der Waals surface area contributed by atoms with Gasteiger partial charge in [0.05, 0.1) is 23.5 Å². The van der Waals surface area contributed by atoms with Crippen molar-refractivity contribution in [3.8, 4) is 0 Å². The van der Waals surface area contributed by atoms with Crippen LogP contribution in [0.15, 0.2) is 56.8 Å². The number of furan rings is 1. The lowest BCUT2D eigenvalue weighted by Crippen LogP contribution is -2.22. The maximum atomic E-state index is 12.0. The number of aliphatic imine (C=N–C) groups is 1. The molecule has 0 aliphatic heterocycles. The minimum atomic E-state index is -3.53. The molecule has 0 unspecified atom stereocenters. The van der Waals surface area contributed by atoms with E-state index in [4.69, 9.17) is 4.42 Å². The molecule has 1 aromatic heterocycles. The Labute approximate surface area is 153 Å². The average Bonchev–Trinajstić information content (AvgIpc) is 3.01. The Morgan fingerprint density at radius 3 is 2.60 bits per heavy atom. The predicted molar refractivity (Wildman–Crippen MR) is 102 cm³/mol. The zero-order valence-corrected chi connectivity index (χ0v) is 16.0. The van der Waals surface area contributed by atoms with Crippen LogP contribution < -0.4 is 4.72 Å². The fourth-order valence-corrected chi connectivity index (χ4v) is 3.63. The SMILES string of the molecule is CN(C)Cc1ccc(CSCC/N=C/NS(=O)(=O)c2ccccc2)o1. The highest BCUT2D eigenvalue weighted by Crippen LogP contribution is 2.16. The quantitative estimate of drug-likeness (QED) is 0.389. The van der Waals surface area contributed by atoms with Crippen LogP contribution in [0, 0.1) is 0 Å². The molecule has 0 amide bonds. The zero-order chi connectivity index (χ0) is 18.1. The molecule has 2 aromatic rings. The molecule has 6 nitrogen and oxygen atoms in total. The molecule has 0 saturated heterocycles. The molecule has 8 heteroatoms. The molecule has 1 heterocycles. The summed E-state index contributed by atoms with van der Waals surface area (Å²) in [5, 5.41) is 0. The van der Waals surface area contributed by atoms with Crippen molar-refractivity contribution in [2.24, 2.45) is 4.99 Å². The molecule has 2 rings (SSSR count). The highest BCUT2D eigenvalue weighted by atomic mass is 32.2. The van der Waals surface area contributed by atoms with Gasteiger partial charge in [-0.1, -0.05) is 18.2 Å². The van der Waals surface area contributed by atoms with Gasteiger partial charge in [-0.2, -0.15) is 11.8 Å². The Balaban J connectivity index is 1.66. The second-order valence-corrected chi connectivity index (χ2v) is 8.45. The molecule has 0 spiro atoms. The Kier molecular flexibility index (Phi) is 7.54. The van der Waals surface area contributed by atoms with Gasteiger partial charge in [-0.25, -0.2) is 8.42 Å². The van der Waals surface area contributed by atoms with Gasteiger partial charge in [-0.05, 0) is 38.4 Å². The van der Waals surface area contributed by atoms with Crippen molar-refractivity contribution in [1.29, 1.82) is 0 Å². The van der Waals surface area contributed by atoms with Gasteiger partial charge in [0, 0.05) is 12.3 Å². The van der Waals surface area contributed by atoms with Crippen molar-refractivity contribution in [2.75, 3.05) is 26.4 Å². The second-order valence-electron chi connectivity index (χ2n) is 5.63. The van der Waals surface area contributed by atoms with Gasteiger partial charge in [0.2, 0.25) is 0 Å². The second kappa shape index (κ2) is 9.65. The molecule has 0 radical (unpaired) electrons. The summed E-state index contributed by atoms with van der Waals surface area (Å²) in [5.41, 5.74) is 0. The van der Waals surface area contributed by atoms with Gasteiger partial charge in [-0.3, -0.25) is 9.71 Å². The van der Waals surface area contributed by atoms with Crippen LogP contribution in [0.2, 0.25) is 0 Å². The third kappa shape index (κ3) is 6.93. The van der Waals surface area contributed by atoms with Crippen molar-refractivity contribution in [1.82, 2.24) is 9.62 Å². The van der Waals surface area contributed by atoms with Crippen molar-refractivity contribution in [3.05, 3.63) is 54.0 Å². The number of sulfonamides is 1. The zero-order valence-electron chi connectivity index (χ0n) is 14.4. The van der Waals surface area contributed by atoms with Gasteiger partial charge in [0.15, 0.2) is 0 Å². The normalized spacial score (nSPS) is 12.1. The summed E-state index contributed by atoms with van der Waals surface area (Å²) in [6.07, 6.45) is 1.24. The Hall–Kier alpha value is -1.77. The smallest absolute Gasteiger partial charge is 0.262 e. The summed E-state index contributed by atoms with van der Waals surface area (Å²) in [6, 6.07) is 12.2. The molecule has 0 aliphatic rings. The van der Waals surface area contributed by atoms with Crippen LogP contribution in [0.25, 0.3) is 0 Å². The fraction of sp³-hybridized carbons (Fsp3) is 0.353. The largest absolute Gasteiger partial charge is 0.464 e. The lowest BCUT2D eigenvalue weighted by molar-refractivity contribution is 0.344. The van der Waals surface area contributed by atoms with Crippen LogP contribution >= 0.6 is 11.8 Å². The van der Waals surface area contributed by atoms with E-state index in [1.54, 1.807) is 42.1 Å².